The topological polar surface area (TPSA) is 66.5 Å². The van der Waals surface area contributed by atoms with Crippen LogP contribution in [0.1, 0.15) is 50.3 Å². The van der Waals surface area contributed by atoms with Gasteiger partial charge in [-0.2, -0.15) is 0 Å². The molecule has 1 spiro atoms. The molecular formula is C21H22N2O3S. The quantitative estimate of drug-likeness (QED) is 0.651. The summed E-state index contributed by atoms with van der Waals surface area (Å²) < 4.78 is 0. The lowest BCUT2D eigenvalue weighted by Crippen LogP contribution is -2.46. The molecule has 3 amide bonds. The van der Waals surface area contributed by atoms with Crippen LogP contribution in [0.25, 0.3) is 0 Å². The fourth-order valence-electron chi connectivity index (χ4n) is 4.53. The minimum atomic E-state index is -0.998. The molecule has 2 aliphatic rings. The number of fused-ring (bicyclic) bond motifs is 2. The molecular weight excluding hydrogens is 360 g/mol. The molecule has 1 saturated heterocycles. The van der Waals surface area contributed by atoms with Crippen LogP contribution in [0.2, 0.25) is 0 Å². The number of carbonyl (C=O) groups excluding carboxylic acids is 3. The first-order valence-electron chi connectivity index (χ1n) is 9.15. The van der Waals surface area contributed by atoms with Crippen molar-refractivity contribution in [1.82, 2.24) is 10.2 Å². The van der Waals surface area contributed by atoms with Gasteiger partial charge in [0.1, 0.15) is 5.54 Å². The van der Waals surface area contributed by atoms with Crippen LogP contribution in [0.5, 0.6) is 0 Å². The predicted octanol–water partition coefficient (Wildman–Crippen LogP) is 3.64. The largest absolute Gasteiger partial charge is 0.325 e. The van der Waals surface area contributed by atoms with E-state index in [1.807, 2.05) is 44.4 Å². The highest BCUT2D eigenvalue weighted by molar-refractivity contribution is 7.10. The summed E-state index contributed by atoms with van der Waals surface area (Å²) in [5, 5.41) is 4.86. The molecule has 6 heteroatoms. The summed E-state index contributed by atoms with van der Waals surface area (Å²) in [6, 6.07) is 5.35. The van der Waals surface area contributed by atoms with Crippen LogP contribution in [-0.4, -0.2) is 29.2 Å². The normalized spacial score (nSPS) is 21.5. The van der Waals surface area contributed by atoms with Gasteiger partial charge in [0.25, 0.3) is 5.91 Å². The zero-order valence-corrected chi connectivity index (χ0v) is 16.5. The summed E-state index contributed by atoms with van der Waals surface area (Å²) in [7, 11) is 0. The number of thiophene rings is 1. The molecule has 2 aromatic rings. The number of amides is 3. The maximum Gasteiger partial charge on any atom is 0.325 e. The summed E-state index contributed by atoms with van der Waals surface area (Å²) in [5.74, 6) is -0.505. The third kappa shape index (κ3) is 2.70. The van der Waals surface area contributed by atoms with E-state index < -0.39 is 11.6 Å². The number of urea groups is 1. The molecule has 1 aliphatic carbocycles. The fourth-order valence-corrected chi connectivity index (χ4v) is 5.53. The van der Waals surface area contributed by atoms with Gasteiger partial charge in [0.05, 0.1) is 6.54 Å². The summed E-state index contributed by atoms with van der Waals surface area (Å²) in [5.41, 5.74) is 3.33. The summed E-state index contributed by atoms with van der Waals surface area (Å²) in [6.07, 6.45) is 2.35. The number of benzene rings is 1. The highest BCUT2D eigenvalue weighted by Gasteiger charge is 2.54. The smallest absolute Gasteiger partial charge is 0.319 e. The summed E-state index contributed by atoms with van der Waals surface area (Å²) in [4.78, 5) is 41.0. The average molecular weight is 382 g/mol. The molecule has 1 N–H and O–H groups in total. The highest BCUT2D eigenvalue weighted by Crippen LogP contribution is 2.42. The monoisotopic (exact) mass is 382 g/mol. The van der Waals surface area contributed by atoms with E-state index in [1.165, 1.54) is 0 Å². The molecule has 0 saturated carbocycles. The van der Waals surface area contributed by atoms with Crippen LogP contribution in [-0.2, 0) is 16.8 Å². The molecule has 0 unspecified atom stereocenters. The molecule has 1 aromatic heterocycles. The number of aryl methyl sites for hydroxylation is 4. The van der Waals surface area contributed by atoms with Crippen molar-refractivity contribution < 1.29 is 14.4 Å². The summed E-state index contributed by atoms with van der Waals surface area (Å²) >= 11 is 1.62. The first-order chi connectivity index (χ1) is 12.8. The first kappa shape index (κ1) is 17.9. The Balaban J connectivity index is 1.64. The Labute approximate surface area is 162 Å². The lowest BCUT2D eigenvalue weighted by molar-refractivity contribution is -0.131. The third-order valence-corrected chi connectivity index (χ3v) is 6.57. The van der Waals surface area contributed by atoms with Crippen molar-refractivity contribution >= 4 is 29.1 Å². The molecule has 0 radical (unpaired) electrons. The van der Waals surface area contributed by atoms with Crippen LogP contribution < -0.4 is 5.32 Å². The molecule has 1 aliphatic heterocycles. The Kier molecular flexibility index (Phi) is 4.18. The zero-order valence-electron chi connectivity index (χ0n) is 15.7. The first-order valence-corrected chi connectivity index (χ1v) is 10.0. The maximum atomic E-state index is 13.2. The number of rotatable bonds is 3. The number of ketones is 1. The molecule has 1 aromatic carbocycles. The number of nitrogens with zero attached hydrogens (tertiary/aromatic N) is 1. The van der Waals surface area contributed by atoms with E-state index in [0.29, 0.717) is 12.0 Å². The third-order valence-electron chi connectivity index (χ3n) is 5.59. The molecule has 4 rings (SSSR count). The lowest BCUT2D eigenvalue weighted by Gasteiger charge is -2.31. The maximum absolute atomic E-state index is 13.2. The second kappa shape index (κ2) is 6.30. The highest BCUT2D eigenvalue weighted by atomic mass is 32.1. The van der Waals surface area contributed by atoms with Crippen molar-refractivity contribution in [3.8, 4) is 0 Å². The molecule has 1 fully saturated rings. The molecule has 1 atom stereocenters. The predicted molar refractivity (Wildman–Crippen MR) is 104 cm³/mol. The Hall–Kier alpha value is -2.47. The van der Waals surface area contributed by atoms with E-state index >= 15 is 0 Å². The van der Waals surface area contributed by atoms with Crippen molar-refractivity contribution in [2.75, 3.05) is 6.54 Å². The average Bonchev–Trinajstić information content (AvgIpc) is 3.15. The van der Waals surface area contributed by atoms with Crippen LogP contribution in [0.15, 0.2) is 23.6 Å². The van der Waals surface area contributed by atoms with Crippen molar-refractivity contribution in [2.24, 2.45) is 0 Å². The van der Waals surface area contributed by atoms with Gasteiger partial charge >= 0.3 is 6.03 Å². The van der Waals surface area contributed by atoms with Gasteiger partial charge in [-0.15, -0.1) is 11.3 Å². The molecule has 5 nitrogen and oxygen atoms in total. The van der Waals surface area contributed by atoms with Crippen molar-refractivity contribution in [1.29, 1.82) is 0 Å². The minimum Gasteiger partial charge on any atom is -0.319 e. The van der Waals surface area contributed by atoms with Gasteiger partial charge < -0.3 is 5.32 Å². The second-order valence-electron chi connectivity index (χ2n) is 7.53. The Morgan fingerprint density at radius 3 is 2.63 bits per heavy atom. The number of Topliss-reactive ketones (excluding diaryl/α,β-unsaturated/α-hetero) is 1. The van der Waals surface area contributed by atoms with E-state index in [4.69, 9.17) is 0 Å². The Bertz CT molecular complexity index is 955. The van der Waals surface area contributed by atoms with E-state index in [-0.39, 0.29) is 18.2 Å². The van der Waals surface area contributed by atoms with Crippen molar-refractivity contribution in [2.45, 2.75) is 45.6 Å². The SMILES string of the molecule is Cc1cc(C)c(C(=O)CN2C(=O)N[C@@]3(CCCc4sccc43)C2=O)c(C)c1. The second-order valence-corrected chi connectivity index (χ2v) is 8.54. The van der Waals surface area contributed by atoms with Gasteiger partial charge in [0, 0.05) is 16.0 Å². The Morgan fingerprint density at radius 2 is 1.93 bits per heavy atom. The van der Waals surface area contributed by atoms with Gasteiger partial charge in [-0.25, -0.2) is 4.79 Å². The molecule has 140 valence electrons. The number of nitrogens with one attached hydrogen (secondary N) is 1. The van der Waals surface area contributed by atoms with E-state index in [2.05, 4.69) is 5.32 Å². The fraction of sp³-hybridized carbons (Fsp3) is 0.381. The van der Waals surface area contributed by atoms with Gasteiger partial charge in [-0.3, -0.25) is 14.5 Å². The zero-order chi connectivity index (χ0) is 19.3. The van der Waals surface area contributed by atoms with Gasteiger partial charge in [0.15, 0.2) is 5.78 Å². The molecule has 2 heterocycles. The van der Waals surface area contributed by atoms with E-state index in [9.17, 15) is 14.4 Å². The number of carbonyl (C=O) groups is 3. The number of imide groups is 1. The van der Waals surface area contributed by atoms with Crippen molar-refractivity contribution in [3.63, 3.8) is 0 Å². The van der Waals surface area contributed by atoms with Gasteiger partial charge in [-0.1, -0.05) is 17.7 Å². The van der Waals surface area contributed by atoms with Crippen LogP contribution >= 0.6 is 11.3 Å². The van der Waals surface area contributed by atoms with Crippen LogP contribution in [0, 0.1) is 20.8 Å². The Morgan fingerprint density at radius 1 is 1.22 bits per heavy atom. The van der Waals surface area contributed by atoms with Gasteiger partial charge in [-0.05, 0) is 62.6 Å². The van der Waals surface area contributed by atoms with Crippen molar-refractivity contribution in [3.05, 3.63) is 56.3 Å². The van der Waals surface area contributed by atoms with E-state index in [0.717, 1.165) is 44.9 Å². The number of hydrogen-bond donors (Lipinski definition) is 1. The molecule has 0 bridgehead atoms. The van der Waals surface area contributed by atoms with Crippen LogP contribution in [0.3, 0.4) is 0 Å². The standard InChI is InChI=1S/C21H22N2O3S/c1-12-9-13(2)18(14(3)10-12)16(24)11-23-19(25)21(22-20(23)26)7-4-5-17-15(21)6-8-27-17/h6,8-10H,4-5,7,11H2,1-3H3,(H,22,26)/t21-/m1/s1. The molecule has 27 heavy (non-hydrogen) atoms. The number of hydrogen-bond acceptors (Lipinski definition) is 4. The lowest BCUT2D eigenvalue weighted by atomic mass is 9.80. The minimum absolute atomic E-state index is 0.202. The van der Waals surface area contributed by atoms with Crippen LogP contribution in [0.4, 0.5) is 4.79 Å². The summed E-state index contributed by atoms with van der Waals surface area (Å²) in [6.45, 7) is 5.53. The van der Waals surface area contributed by atoms with Gasteiger partial charge in [0.2, 0.25) is 0 Å². The van der Waals surface area contributed by atoms with E-state index in [1.54, 1.807) is 11.3 Å².